The minimum absolute atomic E-state index is 0.266. The fourth-order valence-corrected chi connectivity index (χ4v) is 2.63. The van der Waals surface area contributed by atoms with Crippen LogP contribution in [0.25, 0.3) is 0 Å². The lowest BCUT2D eigenvalue weighted by molar-refractivity contribution is 0.217. The summed E-state index contributed by atoms with van der Waals surface area (Å²) >= 11 is 0. The zero-order valence-corrected chi connectivity index (χ0v) is 14.8. The quantitative estimate of drug-likeness (QED) is 0.703. The first kappa shape index (κ1) is 17.6. The molecule has 2 unspecified atom stereocenters. The largest absolute Gasteiger partial charge is 0.491 e. The topological polar surface area (TPSA) is 21.3 Å². The van der Waals surface area contributed by atoms with Crippen molar-refractivity contribution in [2.45, 2.75) is 59.2 Å². The van der Waals surface area contributed by atoms with Gasteiger partial charge < -0.3 is 10.1 Å². The predicted octanol–water partition coefficient (Wildman–Crippen LogP) is 5.41. The number of hydrogen-bond acceptors (Lipinski definition) is 2. The number of nitrogens with one attached hydrogen (secondary N) is 1. The Kier molecular flexibility index (Phi) is 6.66. The minimum Gasteiger partial charge on any atom is -0.491 e. The van der Waals surface area contributed by atoms with Gasteiger partial charge in [-0.3, -0.25) is 0 Å². The molecule has 2 aromatic carbocycles. The van der Waals surface area contributed by atoms with Gasteiger partial charge in [-0.05, 0) is 55.5 Å². The van der Waals surface area contributed by atoms with Gasteiger partial charge in [0.15, 0.2) is 0 Å². The lowest BCUT2D eigenvalue weighted by Crippen LogP contribution is -2.20. The molecule has 1 N–H and O–H groups in total. The van der Waals surface area contributed by atoms with E-state index in [0.29, 0.717) is 6.04 Å². The molecule has 0 spiro atoms. The van der Waals surface area contributed by atoms with Gasteiger partial charge >= 0.3 is 0 Å². The fourth-order valence-electron chi connectivity index (χ4n) is 2.63. The van der Waals surface area contributed by atoms with E-state index in [1.165, 1.54) is 16.7 Å². The molecule has 0 aromatic heterocycles. The van der Waals surface area contributed by atoms with E-state index in [1.54, 1.807) is 0 Å². The molecule has 2 nitrogen and oxygen atoms in total. The van der Waals surface area contributed by atoms with Crippen LogP contribution in [0.2, 0.25) is 0 Å². The Balaban J connectivity index is 1.99. The van der Waals surface area contributed by atoms with E-state index in [-0.39, 0.29) is 6.10 Å². The van der Waals surface area contributed by atoms with Crippen LogP contribution in [0.1, 0.15) is 56.3 Å². The zero-order valence-electron chi connectivity index (χ0n) is 14.8. The molecule has 0 bridgehead atoms. The number of hydrogen-bond donors (Lipinski definition) is 1. The summed E-state index contributed by atoms with van der Waals surface area (Å²) in [7, 11) is 0. The summed E-state index contributed by atoms with van der Waals surface area (Å²) in [6.45, 7) is 9.53. The molecule has 0 saturated carbocycles. The van der Waals surface area contributed by atoms with E-state index >= 15 is 0 Å². The van der Waals surface area contributed by atoms with Crippen molar-refractivity contribution in [2.75, 3.05) is 0 Å². The molecule has 2 aromatic rings. The lowest BCUT2D eigenvalue weighted by Gasteiger charge is -2.19. The first-order valence-corrected chi connectivity index (χ1v) is 8.68. The summed E-state index contributed by atoms with van der Waals surface area (Å²) in [5.41, 5.74) is 4.02. The standard InChI is InChI=1S/C21H29NO/c1-5-17(4)23-20-13-11-18(12-14-20)21(6-2)22-15-19-10-8-7-9-16(19)3/h7-14,17,21-22H,5-6,15H2,1-4H3. The zero-order chi connectivity index (χ0) is 16.7. The normalized spacial score (nSPS) is 13.6. The number of aryl methyl sites for hydroxylation is 1. The van der Waals surface area contributed by atoms with Gasteiger partial charge in [0.1, 0.15) is 5.75 Å². The second-order valence-electron chi connectivity index (χ2n) is 6.17. The first-order chi connectivity index (χ1) is 11.1. The van der Waals surface area contributed by atoms with E-state index in [1.807, 2.05) is 0 Å². The van der Waals surface area contributed by atoms with Crippen LogP contribution in [0.5, 0.6) is 5.75 Å². The summed E-state index contributed by atoms with van der Waals surface area (Å²) in [4.78, 5) is 0. The monoisotopic (exact) mass is 311 g/mol. The third-order valence-electron chi connectivity index (χ3n) is 4.40. The van der Waals surface area contributed by atoms with Gasteiger partial charge in [-0.25, -0.2) is 0 Å². The minimum atomic E-state index is 0.266. The van der Waals surface area contributed by atoms with Gasteiger partial charge in [-0.15, -0.1) is 0 Å². The van der Waals surface area contributed by atoms with Gasteiger partial charge in [0.25, 0.3) is 0 Å². The summed E-state index contributed by atoms with van der Waals surface area (Å²) in [6, 6.07) is 17.4. The molecule has 0 fully saturated rings. The van der Waals surface area contributed by atoms with Crippen molar-refractivity contribution in [2.24, 2.45) is 0 Å². The van der Waals surface area contributed by atoms with Crippen LogP contribution in [0.3, 0.4) is 0 Å². The lowest BCUT2D eigenvalue weighted by atomic mass is 10.0. The second kappa shape index (κ2) is 8.73. The van der Waals surface area contributed by atoms with E-state index in [4.69, 9.17) is 4.74 Å². The smallest absolute Gasteiger partial charge is 0.119 e. The summed E-state index contributed by atoms with van der Waals surface area (Å²) in [6.07, 6.45) is 2.36. The number of benzene rings is 2. The van der Waals surface area contributed by atoms with Crippen molar-refractivity contribution in [3.05, 3.63) is 65.2 Å². The Hall–Kier alpha value is -1.80. The fraction of sp³-hybridized carbons (Fsp3) is 0.429. The molecule has 2 rings (SSSR count). The van der Waals surface area contributed by atoms with Crippen LogP contribution in [0.15, 0.2) is 48.5 Å². The molecule has 0 heterocycles. The molecule has 0 radical (unpaired) electrons. The Morgan fingerprint density at radius 2 is 1.65 bits per heavy atom. The molecule has 2 heteroatoms. The Bertz CT molecular complexity index is 591. The van der Waals surface area contributed by atoms with Crippen LogP contribution in [0.4, 0.5) is 0 Å². The molecule has 0 amide bonds. The van der Waals surface area contributed by atoms with Gasteiger partial charge in [0, 0.05) is 12.6 Å². The highest BCUT2D eigenvalue weighted by Gasteiger charge is 2.10. The molecule has 0 aliphatic carbocycles. The summed E-state index contributed by atoms with van der Waals surface area (Å²) in [5, 5.41) is 3.67. The molecular weight excluding hydrogens is 282 g/mol. The van der Waals surface area contributed by atoms with Gasteiger partial charge in [0.05, 0.1) is 6.10 Å². The van der Waals surface area contributed by atoms with Crippen LogP contribution in [-0.2, 0) is 6.54 Å². The van der Waals surface area contributed by atoms with Crippen LogP contribution in [0, 0.1) is 6.92 Å². The third-order valence-corrected chi connectivity index (χ3v) is 4.40. The summed E-state index contributed by atoms with van der Waals surface area (Å²) < 4.78 is 5.86. The highest BCUT2D eigenvalue weighted by Crippen LogP contribution is 2.22. The average molecular weight is 311 g/mol. The maximum absolute atomic E-state index is 5.86. The second-order valence-corrected chi connectivity index (χ2v) is 6.17. The van der Waals surface area contributed by atoms with Crippen molar-refractivity contribution < 1.29 is 4.74 Å². The Morgan fingerprint density at radius 1 is 0.957 bits per heavy atom. The number of ether oxygens (including phenoxy) is 1. The van der Waals surface area contributed by atoms with E-state index in [9.17, 15) is 0 Å². The Morgan fingerprint density at radius 3 is 2.26 bits per heavy atom. The van der Waals surface area contributed by atoms with Gasteiger partial charge in [-0.2, -0.15) is 0 Å². The third kappa shape index (κ3) is 5.11. The molecular formula is C21H29NO. The maximum atomic E-state index is 5.86. The van der Waals surface area contributed by atoms with Crippen molar-refractivity contribution in [1.82, 2.24) is 5.32 Å². The van der Waals surface area contributed by atoms with Crippen molar-refractivity contribution in [3.8, 4) is 5.75 Å². The average Bonchev–Trinajstić information content (AvgIpc) is 2.58. The number of rotatable bonds is 8. The van der Waals surface area contributed by atoms with Crippen molar-refractivity contribution in [1.29, 1.82) is 0 Å². The molecule has 0 saturated heterocycles. The van der Waals surface area contributed by atoms with Crippen molar-refractivity contribution >= 4 is 0 Å². The first-order valence-electron chi connectivity index (χ1n) is 8.68. The van der Waals surface area contributed by atoms with Crippen LogP contribution in [-0.4, -0.2) is 6.10 Å². The predicted molar refractivity (Wildman–Crippen MR) is 97.9 cm³/mol. The Labute approximate surface area is 140 Å². The van der Waals surface area contributed by atoms with Gasteiger partial charge in [-0.1, -0.05) is 50.2 Å². The molecule has 23 heavy (non-hydrogen) atoms. The molecule has 2 atom stereocenters. The molecule has 124 valence electrons. The van der Waals surface area contributed by atoms with E-state index < -0.39 is 0 Å². The SMILES string of the molecule is CCC(C)Oc1ccc(C(CC)NCc2ccccc2C)cc1. The molecule has 0 aliphatic heterocycles. The van der Waals surface area contributed by atoms with Crippen LogP contribution < -0.4 is 10.1 Å². The molecule has 0 aliphatic rings. The van der Waals surface area contributed by atoms with E-state index in [2.05, 4.69) is 81.5 Å². The highest BCUT2D eigenvalue weighted by atomic mass is 16.5. The van der Waals surface area contributed by atoms with Crippen LogP contribution >= 0.6 is 0 Å². The van der Waals surface area contributed by atoms with Crippen molar-refractivity contribution in [3.63, 3.8) is 0 Å². The maximum Gasteiger partial charge on any atom is 0.119 e. The highest BCUT2D eigenvalue weighted by molar-refractivity contribution is 5.30. The summed E-state index contributed by atoms with van der Waals surface area (Å²) in [5.74, 6) is 0.955. The van der Waals surface area contributed by atoms with Gasteiger partial charge in [0.2, 0.25) is 0 Å². The van der Waals surface area contributed by atoms with E-state index in [0.717, 1.165) is 25.1 Å².